The van der Waals surface area contributed by atoms with Crippen LogP contribution in [0.2, 0.25) is 0 Å². The Balaban J connectivity index is 1.35. The smallest absolute Gasteiger partial charge is 0.433 e. The van der Waals surface area contributed by atoms with E-state index in [-0.39, 0.29) is 17.0 Å². The lowest BCUT2D eigenvalue weighted by Crippen LogP contribution is -2.60. The van der Waals surface area contributed by atoms with Crippen LogP contribution < -0.4 is 10.1 Å². The number of benzene rings is 1. The van der Waals surface area contributed by atoms with Gasteiger partial charge in [0.2, 0.25) is 0 Å². The van der Waals surface area contributed by atoms with E-state index in [9.17, 15) is 22.8 Å². The number of ether oxygens (including phenoxy) is 2. The summed E-state index contributed by atoms with van der Waals surface area (Å²) in [5.41, 5.74) is -1.34. The van der Waals surface area contributed by atoms with Crippen molar-refractivity contribution in [3.63, 3.8) is 0 Å². The summed E-state index contributed by atoms with van der Waals surface area (Å²) >= 11 is 0. The molecule has 0 spiro atoms. The van der Waals surface area contributed by atoms with Crippen LogP contribution in [-0.4, -0.2) is 46.7 Å². The third-order valence-electron chi connectivity index (χ3n) is 8.75. The molecular formula is C28H29F3N4O4. The molecule has 1 N–H and O–H groups in total. The van der Waals surface area contributed by atoms with Crippen LogP contribution in [0.25, 0.3) is 16.9 Å². The predicted molar refractivity (Wildman–Crippen MR) is 134 cm³/mol. The Kier molecular flexibility index (Phi) is 6.07. The number of alkyl halides is 3. The average Bonchev–Trinajstić information content (AvgIpc) is 3.33. The first-order chi connectivity index (χ1) is 18.6. The molecule has 0 unspecified atom stereocenters. The molecule has 4 aliphatic carbocycles. The van der Waals surface area contributed by atoms with Crippen LogP contribution in [0.15, 0.2) is 36.4 Å². The number of nitrogens with one attached hydrogen (secondary N) is 1. The standard InChI is InChI=1S/C28H29F3N4O4/c1-38-19-5-3-18(4-6-19)20-10-22(28(29,30)31)35-23(32-20)11-21(34-35)25(36)33-24(26(37)39-2)27-12-15-7-16(13-27)9-17(8-15)14-27/h3-6,10-11,15-17,24H,7-9,12-14H2,1-2H3,(H,33,36)/t15?,16?,17?,24-,27?/m0/s1. The lowest BCUT2D eigenvalue weighted by atomic mass is 9.47. The Morgan fingerprint density at radius 3 is 2.18 bits per heavy atom. The zero-order valence-electron chi connectivity index (χ0n) is 21.6. The van der Waals surface area contributed by atoms with Gasteiger partial charge in [0.1, 0.15) is 11.8 Å². The van der Waals surface area contributed by atoms with Crippen LogP contribution in [0.1, 0.15) is 54.7 Å². The number of amides is 1. The zero-order chi connectivity index (χ0) is 27.5. The first kappa shape index (κ1) is 25.6. The molecule has 1 atom stereocenters. The van der Waals surface area contributed by atoms with Crippen molar-refractivity contribution >= 4 is 17.5 Å². The summed E-state index contributed by atoms with van der Waals surface area (Å²) in [4.78, 5) is 30.7. The molecule has 206 valence electrons. The molecule has 4 fully saturated rings. The van der Waals surface area contributed by atoms with Gasteiger partial charge < -0.3 is 14.8 Å². The highest BCUT2D eigenvalue weighted by atomic mass is 19.4. The number of fused-ring (bicyclic) bond motifs is 1. The molecule has 4 aliphatic rings. The second kappa shape index (κ2) is 9.24. The van der Waals surface area contributed by atoms with Gasteiger partial charge in [0, 0.05) is 17.0 Å². The number of esters is 1. The number of carbonyl (C=O) groups is 2. The normalized spacial score (nSPS) is 26.4. The molecular weight excluding hydrogens is 513 g/mol. The fourth-order valence-electron chi connectivity index (χ4n) is 7.51. The van der Waals surface area contributed by atoms with E-state index in [2.05, 4.69) is 15.4 Å². The Hall–Kier alpha value is -3.63. The number of hydrogen-bond donors (Lipinski definition) is 1. The molecule has 8 nitrogen and oxygen atoms in total. The fourth-order valence-corrected chi connectivity index (χ4v) is 7.51. The van der Waals surface area contributed by atoms with Crippen LogP contribution in [0.5, 0.6) is 5.75 Å². The average molecular weight is 543 g/mol. The lowest BCUT2D eigenvalue weighted by Gasteiger charge is -2.58. The largest absolute Gasteiger partial charge is 0.497 e. The summed E-state index contributed by atoms with van der Waals surface area (Å²) in [5.74, 6) is 0.843. The fraction of sp³-hybridized carbons (Fsp3) is 0.500. The van der Waals surface area contributed by atoms with E-state index in [4.69, 9.17) is 9.47 Å². The minimum atomic E-state index is -4.75. The highest BCUT2D eigenvalue weighted by Crippen LogP contribution is 2.61. The molecule has 39 heavy (non-hydrogen) atoms. The van der Waals surface area contributed by atoms with Crippen LogP contribution in [-0.2, 0) is 15.7 Å². The van der Waals surface area contributed by atoms with Crippen molar-refractivity contribution in [2.24, 2.45) is 23.2 Å². The van der Waals surface area contributed by atoms with Gasteiger partial charge >= 0.3 is 12.1 Å². The van der Waals surface area contributed by atoms with Crippen LogP contribution >= 0.6 is 0 Å². The summed E-state index contributed by atoms with van der Waals surface area (Å²) < 4.78 is 53.0. The number of carbonyl (C=O) groups excluding carboxylic acids is 2. The van der Waals surface area contributed by atoms with Crippen molar-refractivity contribution in [1.29, 1.82) is 0 Å². The van der Waals surface area contributed by atoms with E-state index in [1.807, 2.05) is 0 Å². The summed E-state index contributed by atoms with van der Waals surface area (Å²) in [6.07, 6.45) is 1.18. The van der Waals surface area contributed by atoms with Crippen molar-refractivity contribution in [2.75, 3.05) is 14.2 Å². The quantitative estimate of drug-likeness (QED) is 0.445. The molecule has 4 saturated carbocycles. The van der Waals surface area contributed by atoms with Gasteiger partial charge in [-0.05, 0) is 86.6 Å². The third-order valence-corrected chi connectivity index (χ3v) is 8.75. The first-order valence-electron chi connectivity index (χ1n) is 13.1. The summed E-state index contributed by atoms with van der Waals surface area (Å²) in [5, 5.41) is 6.78. The molecule has 2 heterocycles. The minimum absolute atomic E-state index is 0.0744. The third kappa shape index (κ3) is 4.51. The van der Waals surface area contributed by atoms with Crippen LogP contribution in [0.3, 0.4) is 0 Å². The molecule has 0 saturated heterocycles. The Morgan fingerprint density at radius 1 is 1.03 bits per heavy atom. The van der Waals surface area contributed by atoms with E-state index in [0.717, 1.165) is 44.6 Å². The molecule has 0 aliphatic heterocycles. The molecule has 11 heteroatoms. The Morgan fingerprint density at radius 2 is 1.64 bits per heavy atom. The second-order valence-electron chi connectivity index (χ2n) is 11.3. The molecule has 7 rings (SSSR count). The van der Waals surface area contributed by atoms with Gasteiger partial charge in [0.25, 0.3) is 5.91 Å². The summed E-state index contributed by atoms with van der Waals surface area (Å²) in [6.45, 7) is 0. The van der Waals surface area contributed by atoms with Crippen molar-refractivity contribution in [2.45, 2.75) is 50.7 Å². The van der Waals surface area contributed by atoms with Crippen molar-refractivity contribution in [3.05, 3.63) is 47.8 Å². The number of hydrogen-bond acceptors (Lipinski definition) is 6. The Labute approximate surface area is 222 Å². The molecule has 4 bridgehead atoms. The molecule has 2 aromatic heterocycles. The van der Waals surface area contributed by atoms with Gasteiger partial charge in [-0.3, -0.25) is 4.79 Å². The summed E-state index contributed by atoms with van der Waals surface area (Å²) in [6, 6.07) is 7.69. The van der Waals surface area contributed by atoms with Gasteiger partial charge in [-0.2, -0.15) is 18.3 Å². The maximum atomic E-state index is 14.1. The molecule has 1 aromatic carbocycles. The molecule has 1 amide bonds. The van der Waals surface area contributed by atoms with Gasteiger partial charge in [0.15, 0.2) is 17.0 Å². The van der Waals surface area contributed by atoms with E-state index in [1.165, 1.54) is 20.3 Å². The predicted octanol–water partition coefficient (Wildman–Crippen LogP) is 4.91. The number of rotatable bonds is 6. The van der Waals surface area contributed by atoms with Gasteiger partial charge in [0.05, 0.1) is 19.9 Å². The van der Waals surface area contributed by atoms with E-state index >= 15 is 0 Å². The number of nitrogens with zero attached hydrogens (tertiary/aromatic N) is 3. The topological polar surface area (TPSA) is 94.8 Å². The second-order valence-corrected chi connectivity index (χ2v) is 11.3. The maximum Gasteiger partial charge on any atom is 0.433 e. The SMILES string of the molecule is COC(=O)[C@H](NC(=O)c1cc2nc(-c3ccc(OC)cc3)cc(C(F)(F)F)n2n1)C12CC3CC(CC(C3)C1)C2. The van der Waals surface area contributed by atoms with Gasteiger partial charge in [-0.15, -0.1) is 0 Å². The maximum absolute atomic E-state index is 14.1. The first-order valence-corrected chi connectivity index (χ1v) is 13.1. The molecule has 3 aromatic rings. The zero-order valence-corrected chi connectivity index (χ0v) is 21.6. The number of methoxy groups -OCH3 is 2. The van der Waals surface area contributed by atoms with Crippen LogP contribution in [0, 0.1) is 23.2 Å². The lowest BCUT2D eigenvalue weighted by molar-refractivity contribution is -0.154. The highest BCUT2D eigenvalue weighted by Gasteiger charge is 2.57. The van der Waals surface area contributed by atoms with Crippen LogP contribution in [0.4, 0.5) is 13.2 Å². The molecule has 0 radical (unpaired) electrons. The van der Waals surface area contributed by atoms with Crippen molar-refractivity contribution in [3.8, 4) is 17.0 Å². The number of aromatic nitrogens is 3. The number of halogens is 3. The minimum Gasteiger partial charge on any atom is -0.497 e. The monoisotopic (exact) mass is 542 g/mol. The summed E-state index contributed by atoms with van der Waals surface area (Å²) in [7, 11) is 2.78. The van der Waals surface area contributed by atoms with Crippen molar-refractivity contribution in [1.82, 2.24) is 19.9 Å². The van der Waals surface area contributed by atoms with E-state index in [0.29, 0.717) is 33.6 Å². The van der Waals surface area contributed by atoms with Gasteiger partial charge in [-0.1, -0.05) is 0 Å². The van der Waals surface area contributed by atoms with Gasteiger partial charge in [-0.25, -0.2) is 14.3 Å². The Bertz CT molecular complexity index is 1400. The van der Waals surface area contributed by atoms with Crippen molar-refractivity contribution < 1.29 is 32.2 Å². The van der Waals surface area contributed by atoms with E-state index < -0.39 is 35.2 Å². The van der Waals surface area contributed by atoms with E-state index in [1.54, 1.807) is 24.3 Å². The highest BCUT2D eigenvalue weighted by molar-refractivity contribution is 5.96.